The summed E-state index contributed by atoms with van der Waals surface area (Å²) in [6, 6.07) is 4.56. The summed E-state index contributed by atoms with van der Waals surface area (Å²) in [5.74, 6) is 0.330. The fraction of sp³-hybridized carbons (Fsp3) is 0.500. The van der Waals surface area contributed by atoms with E-state index in [4.69, 9.17) is 10.5 Å². The van der Waals surface area contributed by atoms with Gasteiger partial charge in [0.25, 0.3) is 0 Å². The second-order valence-corrected chi connectivity index (χ2v) is 4.36. The molecule has 5 nitrogen and oxygen atoms in total. The average Bonchev–Trinajstić information content (AvgIpc) is 2.32. The molecule has 1 saturated carbocycles. The van der Waals surface area contributed by atoms with Crippen LogP contribution >= 0.6 is 0 Å². The van der Waals surface area contributed by atoms with Crippen LogP contribution in [0.25, 0.3) is 0 Å². The fourth-order valence-corrected chi connectivity index (χ4v) is 2.14. The fourth-order valence-electron chi connectivity index (χ4n) is 2.14. The van der Waals surface area contributed by atoms with Gasteiger partial charge in [-0.15, -0.1) is 0 Å². The zero-order valence-electron chi connectivity index (χ0n) is 9.59. The van der Waals surface area contributed by atoms with E-state index in [9.17, 15) is 10.1 Å². The second-order valence-electron chi connectivity index (χ2n) is 4.36. The molecule has 1 aromatic carbocycles. The van der Waals surface area contributed by atoms with Crippen molar-refractivity contribution in [1.82, 2.24) is 0 Å². The van der Waals surface area contributed by atoms with E-state index in [-0.39, 0.29) is 11.8 Å². The molecule has 0 heterocycles. The van der Waals surface area contributed by atoms with Crippen molar-refractivity contribution in [3.8, 4) is 5.75 Å². The Labute approximate surface area is 99.7 Å². The number of nitrogen functional groups attached to an aromatic ring is 1. The summed E-state index contributed by atoms with van der Waals surface area (Å²) < 4.78 is 5.71. The third-order valence-electron chi connectivity index (χ3n) is 3.03. The van der Waals surface area contributed by atoms with E-state index in [1.807, 2.05) is 0 Å². The van der Waals surface area contributed by atoms with E-state index in [1.165, 1.54) is 12.5 Å². The first-order valence-electron chi connectivity index (χ1n) is 5.87. The van der Waals surface area contributed by atoms with Gasteiger partial charge in [-0.1, -0.05) is 6.42 Å². The smallest absolute Gasteiger partial charge is 0.312 e. The summed E-state index contributed by atoms with van der Waals surface area (Å²) in [4.78, 5) is 10.4. The molecule has 0 saturated heterocycles. The first-order valence-corrected chi connectivity index (χ1v) is 5.87. The van der Waals surface area contributed by atoms with Crippen LogP contribution in [0.2, 0.25) is 0 Å². The molecular weight excluding hydrogens is 220 g/mol. The molecule has 1 aliphatic carbocycles. The molecule has 1 aromatic rings. The number of nitrogens with zero attached hydrogens (tertiary/aromatic N) is 1. The Morgan fingerprint density at radius 3 is 2.65 bits per heavy atom. The third kappa shape index (κ3) is 2.87. The van der Waals surface area contributed by atoms with Gasteiger partial charge in [0.1, 0.15) is 0 Å². The number of hydrogen-bond donors (Lipinski definition) is 1. The van der Waals surface area contributed by atoms with E-state index in [2.05, 4.69) is 0 Å². The van der Waals surface area contributed by atoms with Crippen LogP contribution in [0.3, 0.4) is 0 Å². The largest absolute Gasteiger partial charge is 0.484 e. The molecule has 5 heteroatoms. The van der Waals surface area contributed by atoms with Crippen molar-refractivity contribution in [2.45, 2.75) is 38.2 Å². The van der Waals surface area contributed by atoms with Gasteiger partial charge in [-0.05, 0) is 37.8 Å². The lowest BCUT2D eigenvalue weighted by atomic mass is 9.98. The van der Waals surface area contributed by atoms with Gasteiger partial charge in [0.05, 0.1) is 11.0 Å². The molecule has 0 amide bonds. The lowest BCUT2D eigenvalue weighted by Crippen LogP contribution is -2.20. The van der Waals surface area contributed by atoms with Crippen molar-refractivity contribution in [3.05, 3.63) is 28.3 Å². The van der Waals surface area contributed by atoms with E-state index in [0.717, 1.165) is 25.7 Å². The normalized spacial score (nSPS) is 16.7. The highest BCUT2D eigenvalue weighted by Gasteiger charge is 2.21. The SMILES string of the molecule is Nc1ccc(OC2CCCCC2)c([N+](=O)[O-])c1. The van der Waals surface area contributed by atoms with Crippen molar-refractivity contribution in [2.24, 2.45) is 0 Å². The predicted octanol–water partition coefficient (Wildman–Crippen LogP) is 2.89. The van der Waals surface area contributed by atoms with Gasteiger partial charge in [0.2, 0.25) is 0 Å². The first-order chi connectivity index (χ1) is 8.16. The quantitative estimate of drug-likeness (QED) is 0.497. The molecule has 0 aromatic heterocycles. The number of nitro benzene ring substituents is 1. The summed E-state index contributed by atoms with van der Waals surface area (Å²) in [5.41, 5.74) is 5.87. The minimum Gasteiger partial charge on any atom is -0.484 e. The van der Waals surface area contributed by atoms with Crippen molar-refractivity contribution in [2.75, 3.05) is 5.73 Å². The van der Waals surface area contributed by atoms with Crippen LogP contribution in [0.15, 0.2) is 18.2 Å². The zero-order valence-corrected chi connectivity index (χ0v) is 9.59. The lowest BCUT2D eigenvalue weighted by Gasteiger charge is -2.22. The van der Waals surface area contributed by atoms with Gasteiger partial charge in [-0.2, -0.15) is 0 Å². The highest BCUT2D eigenvalue weighted by atomic mass is 16.6. The van der Waals surface area contributed by atoms with Crippen molar-refractivity contribution >= 4 is 11.4 Å². The van der Waals surface area contributed by atoms with Crippen molar-refractivity contribution in [3.63, 3.8) is 0 Å². The second kappa shape index (κ2) is 5.03. The maximum Gasteiger partial charge on any atom is 0.312 e. The Balaban J connectivity index is 2.16. The highest BCUT2D eigenvalue weighted by Crippen LogP contribution is 2.32. The van der Waals surface area contributed by atoms with Gasteiger partial charge < -0.3 is 10.5 Å². The van der Waals surface area contributed by atoms with E-state index in [1.54, 1.807) is 12.1 Å². The number of anilines is 1. The van der Waals surface area contributed by atoms with E-state index >= 15 is 0 Å². The van der Waals surface area contributed by atoms with Gasteiger partial charge >= 0.3 is 5.69 Å². The van der Waals surface area contributed by atoms with Crippen LogP contribution in [-0.2, 0) is 0 Å². The molecule has 0 unspecified atom stereocenters. The van der Waals surface area contributed by atoms with Gasteiger partial charge in [-0.25, -0.2) is 0 Å². The molecule has 0 aliphatic heterocycles. The summed E-state index contributed by atoms with van der Waals surface area (Å²) in [7, 11) is 0. The molecule has 0 spiro atoms. The van der Waals surface area contributed by atoms with E-state index in [0.29, 0.717) is 11.4 Å². The topological polar surface area (TPSA) is 78.4 Å². The van der Waals surface area contributed by atoms with Crippen molar-refractivity contribution < 1.29 is 9.66 Å². The monoisotopic (exact) mass is 236 g/mol. The van der Waals surface area contributed by atoms with Crippen LogP contribution in [0, 0.1) is 10.1 Å². The van der Waals surface area contributed by atoms with Crippen molar-refractivity contribution in [1.29, 1.82) is 0 Å². The number of nitro groups is 1. The molecule has 2 N–H and O–H groups in total. The molecule has 1 aliphatic rings. The number of hydrogen-bond acceptors (Lipinski definition) is 4. The Morgan fingerprint density at radius 2 is 2.00 bits per heavy atom. The van der Waals surface area contributed by atoms with Crippen LogP contribution < -0.4 is 10.5 Å². The van der Waals surface area contributed by atoms with Crippen LogP contribution in [0.1, 0.15) is 32.1 Å². The molecule has 0 atom stereocenters. The Kier molecular flexibility index (Phi) is 3.46. The maximum absolute atomic E-state index is 10.9. The van der Waals surface area contributed by atoms with Gasteiger partial charge in [0.15, 0.2) is 5.75 Å². The Bertz CT molecular complexity index is 414. The maximum atomic E-state index is 10.9. The summed E-state index contributed by atoms with van der Waals surface area (Å²) >= 11 is 0. The standard InChI is InChI=1S/C12H16N2O3/c13-9-6-7-12(11(8-9)14(15)16)17-10-4-2-1-3-5-10/h6-8,10H,1-5,13H2. The summed E-state index contributed by atoms with van der Waals surface area (Å²) in [6.45, 7) is 0. The summed E-state index contributed by atoms with van der Waals surface area (Å²) in [6.07, 6.45) is 5.54. The minimum atomic E-state index is -0.450. The molecule has 17 heavy (non-hydrogen) atoms. The van der Waals surface area contributed by atoms with Crippen LogP contribution in [0.4, 0.5) is 11.4 Å². The summed E-state index contributed by atoms with van der Waals surface area (Å²) in [5, 5.41) is 10.9. The number of rotatable bonds is 3. The molecular formula is C12H16N2O3. The lowest BCUT2D eigenvalue weighted by molar-refractivity contribution is -0.386. The number of ether oxygens (including phenoxy) is 1. The van der Waals surface area contributed by atoms with Gasteiger partial charge in [0, 0.05) is 11.8 Å². The third-order valence-corrected chi connectivity index (χ3v) is 3.03. The zero-order chi connectivity index (χ0) is 12.3. The molecule has 2 rings (SSSR count). The Hall–Kier alpha value is -1.78. The predicted molar refractivity (Wildman–Crippen MR) is 65.0 cm³/mol. The minimum absolute atomic E-state index is 0.0458. The van der Waals surface area contributed by atoms with Crippen LogP contribution in [-0.4, -0.2) is 11.0 Å². The van der Waals surface area contributed by atoms with Crippen LogP contribution in [0.5, 0.6) is 5.75 Å². The highest BCUT2D eigenvalue weighted by molar-refractivity contribution is 5.56. The molecule has 92 valence electrons. The molecule has 0 radical (unpaired) electrons. The number of benzene rings is 1. The number of nitrogens with two attached hydrogens (primary N) is 1. The molecule has 0 bridgehead atoms. The van der Waals surface area contributed by atoms with Gasteiger partial charge in [-0.3, -0.25) is 10.1 Å². The average molecular weight is 236 g/mol. The Morgan fingerprint density at radius 1 is 1.29 bits per heavy atom. The van der Waals surface area contributed by atoms with E-state index < -0.39 is 4.92 Å². The first kappa shape index (κ1) is 11.7. The molecule has 1 fully saturated rings.